The third-order valence-corrected chi connectivity index (χ3v) is 5.03. The summed E-state index contributed by atoms with van der Waals surface area (Å²) in [5.74, 6) is -0.298. The second-order valence-electron chi connectivity index (χ2n) is 6.48. The summed E-state index contributed by atoms with van der Waals surface area (Å²) in [6.07, 6.45) is 1.76. The van der Waals surface area contributed by atoms with Gasteiger partial charge in [-0.25, -0.2) is 4.39 Å². The minimum absolute atomic E-state index is 0.169. The molecule has 132 valence electrons. The van der Waals surface area contributed by atoms with Crippen LogP contribution in [0.3, 0.4) is 0 Å². The Bertz CT molecular complexity index is 953. The number of anilines is 1. The molecule has 1 aliphatic heterocycles. The molecule has 26 heavy (non-hydrogen) atoms. The number of benzene rings is 1. The van der Waals surface area contributed by atoms with Gasteiger partial charge in [0.15, 0.2) is 5.11 Å². The number of aryl methyl sites for hydroxylation is 2. The highest BCUT2D eigenvalue weighted by molar-refractivity contribution is 7.80. The van der Waals surface area contributed by atoms with E-state index in [-0.39, 0.29) is 17.9 Å². The minimum atomic E-state index is -0.298. The molecule has 3 heterocycles. The molecule has 1 saturated heterocycles. The van der Waals surface area contributed by atoms with Crippen molar-refractivity contribution in [2.45, 2.75) is 25.9 Å². The van der Waals surface area contributed by atoms with E-state index in [0.717, 1.165) is 22.6 Å². The number of H-pyrrole nitrogens is 1. The van der Waals surface area contributed by atoms with Gasteiger partial charge in [0.2, 0.25) is 0 Å². The van der Waals surface area contributed by atoms with Gasteiger partial charge in [0, 0.05) is 17.6 Å². The van der Waals surface area contributed by atoms with Crippen molar-refractivity contribution in [2.24, 2.45) is 0 Å². The van der Waals surface area contributed by atoms with Gasteiger partial charge in [0.05, 0.1) is 23.5 Å². The Labute approximate surface area is 157 Å². The van der Waals surface area contributed by atoms with Crippen LogP contribution in [-0.4, -0.2) is 15.1 Å². The molecule has 0 spiro atoms. The van der Waals surface area contributed by atoms with Crippen molar-refractivity contribution >= 4 is 23.0 Å². The molecule has 0 bridgehead atoms. The topological polar surface area (TPSA) is 44.0 Å². The summed E-state index contributed by atoms with van der Waals surface area (Å²) < 4.78 is 14.6. The summed E-state index contributed by atoms with van der Waals surface area (Å²) in [4.78, 5) is 9.71. The fourth-order valence-corrected chi connectivity index (χ4v) is 3.97. The lowest BCUT2D eigenvalue weighted by molar-refractivity contribution is 0.557. The van der Waals surface area contributed by atoms with Crippen LogP contribution in [0.15, 0.2) is 54.7 Å². The lowest BCUT2D eigenvalue weighted by atomic mass is 9.96. The number of halogens is 1. The first kappa shape index (κ1) is 16.7. The molecule has 2 atom stereocenters. The molecule has 1 fully saturated rings. The van der Waals surface area contributed by atoms with Crippen LogP contribution in [0.5, 0.6) is 0 Å². The van der Waals surface area contributed by atoms with Crippen LogP contribution in [0.25, 0.3) is 0 Å². The molecular formula is C20H19FN4S. The molecular weight excluding hydrogens is 347 g/mol. The standard InChI is InChI=1S/C20H19FN4S/c1-12-11-14(13(2)23-12)19-18(16-8-5-6-10-22-16)24-20(26)25(19)17-9-4-3-7-15(17)21/h3-11,18-19,23H,1-2H3,(H,24,26)/t18-,19+/m0/s1. The number of rotatable bonds is 3. The van der Waals surface area contributed by atoms with E-state index in [2.05, 4.69) is 21.4 Å². The largest absolute Gasteiger partial charge is 0.362 e. The van der Waals surface area contributed by atoms with Crippen LogP contribution < -0.4 is 10.2 Å². The van der Waals surface area contributed by atoms with Crippen LogP contribution in [0.4, 0.5) is 10.1 Å². The highest BCUT2D eigenvalue weighted by Gasteiger charge is 2.42. The van der Waals surface area contributed by atoms with Gasteiger partial charge in [-0.05, 0) is 62.0 Å². The normalized spacial score (nSPS) is 19.7. The highest BCUT2D eigenvalue weighted by Crippen LogP contribution is 2.43. The Morgan fingerprint density at radius 1 is 1.12 bits per heavy atom. The van der Waals surface area contributed by atoms with Gasteiger partial charge in [-0.1, -0.05) is 18.2 Å². The average molecular weight is 366 g/mol. The van der Waals surface area contributed by atoms with Crippen molar-refractivity contribution in [3.63, 3.8) is 0 Å². The van der Waals surface area contributed by atoms with Gasteiger partial charge in [0.1, 0.15) is 5.82 Å². The number of aromatic nitrogens is 2. The summed E-state index contributed by atoms with van der Waals surface area (Å²) in [7, 11) is 0. The van der Waals surface area contributed by atoms with E-state index in [1.165, 1.54) is 6.07 Å². The number of para-hydroxylation sites is 1. The lowest BCUT2D eigenvalue weighted by Gasteiger charge is -2.28. The molecule has 0 unspecified atom stereocenters. The van der Waals surface area contributed by atoms with Crippen molar-refractivity contribution in [3.05, 3.63) is 83.2 Å². The van der Waals surface area contributed by atoms with Crippen molar-refractivity contribution in [1.82, 2.24) is 15.3 Å². The van der Waals surface area contributed by atoms with Gasteiger partial charge in [-0.2, -0.15) is 0 Å². The molecule has 2 N–H and O–H groups in total. The molecule has 4 rings (SSSR count). The summed E-state index contributed by atoms with van der Waals surface area (Å²) >= 11 is 5.60. The molecule has 6 heteroatoms. The van der Waals surface area contributed by atoms with E-state index in [1.807, 2.05) is 43.0 Å². The Hall–Kier alpha value is -2.73. The maximum absolute atomic E-state index is 14.6. The predicted octanol–water partition coefficient (Wildman–Crippen LogP) is 4.34. The van der Waals surface area contributed by atoms with Crippen molar-refractivity contribution in [2.75, 3.05) is 4.90 Å². The number of nitrogens with one attached hydrogen (secondary N) is 2. The SMILES string of the molecule is Cc1cc([C@@H]2[C@H](c3ccccn3)NC(=S)N2c2ccccc2F)c(C)[nH]1. The third-order valence-electron chi connectivity index (χ3n) is 4.72. The maximum Gasteiger partial charge on any atom is 0.174 e. The second kappa shape index (κ2) is 6.53. The van der Waals surface area contributed by atoms with Crippen molar-refractivity contribution in [1.29, 1.82) is 0 Å². The molecule has 1 aliphatic rings. The summed E-state index contributed by atoms with van der Waals surface area (Å²) in [5, 5.41) is 3.84. The highest BCUT2D eigenvalue weighted by atomic mass is 32.1. The van der Waals surface area contributed by atoms with Crippen LogP contribution in [-0.2, 0) is 0 Å². The van der Waals surface area contributed by atoms with Gasteiger partial charge in [-0.3, -0.25) is 4.98 Å². The third kappa shape index (κ3) is 2.76. The summed E-state index contributed by atoms with van der Waals surface area (Å²) in [6.45, 7) is 4.04. The van der Waals surface area contributed by atoms with E-state index in [9.17, 15) is 4.39 Å². The predicted molar refractivity (Wildman–Crippen MR) is 105 cm³/mol. The Morgan fingerprint density at radius 3 is 2.54 bits per heavy atom. The quantitative estimate of drug-likeness (QED) is 0.677. The second-order valence-corrected chi connectivity index (χ2v) is 6.87. The van der Waals surface area contributed by atoms with Crippen LogP contribution in [0.1, 0.15) is 34.7 Å². The van der Waals surface area contributed by atoms with Gasteiger partial charge in [-0.15, -0.1) is 0 Å². The number of hydrogen-bond acceptors (Lipinski definition) is 2. The molecule has 2 aromatic heterocycles. The molecule has 0 aliphatic carbocycles. The van der Waals surface area contributed by atoms with E-state index in [1.54, 1.807) is 18.3 Å². The van der Waals surface area contributed by atoms with E-state index < -0.39 is 0 Å². The summed E-state index contributed by atoms with van der Waals surface area (Å²) in [5.41, 5.74) is 4.52. The number of thiocarbonyl (C=S) groups is 1. The average Bonchev–Trinajstić information content (AvgIpc) is 3.14. The van der Waals surface area contributed by atoms with Gasteiger partial charge in [0.25, 0.3) is 0 Å². The first-order chi connectivity index (χ1) is 12.6. The Kier molecular flexibility index (Phi) is 4.20. The maximum atomic E-state index is 14.6. The molecule has 3 aromatic rings. The van der Waals surface area contributed by atoms with Crippen LogP contribution in [0.2, 0.25) is 0 Å². The Morgan fingerprint density at radius 2 is 1.88 bits per heavy atom. The van der Waals surface area contributed by atoms with Gasteiger partial charge < -0.3 is 15.2 Å². The van der Waals surface area contributed by atoms with Crippen molar-refractivity contribution < 1.29 is 4.39 Å². The summed E-state index contributed by atoms with van der Waals surface area (Å²) in [6, 6.07) is 14.2. The van der Waals surface area contributed by atoms with E-state index >= 15 is 0 Å². The smallest absolute Gasteiger partial charge is 0.174 e. The fourth-order valence-electron chi connectivity index (χ4n) is 3.63. The zero-order valence-electron chi connectivity index (χ0n) is 14.5. The molecule has 4 nitrogen and oxygen atoms in total. The minimum Gasteiger partial charge on any atom is -0.362 e. The van der Waals surface area contributed by atoms with E-state index in [4.69, 9.17) is 12.2 Å². The first-order valence-electron chi connectivity index (χ1n) is 8.47. The number of hydrogen-bond donors (Lipinski definition) is 2. The number of nitrogens with zero attached hydrogens (tertiary/aromatic N) is 2. The first-order valence-corrected chi connectivity index (χ1v) is 8.88. The number of pyridine rings is 1. The number of aromatic amines is 1. The van der Waals surface area contributed by atoms with Crippen LogP contribution in [0, 0.1) is 19.7 Å². The van der Waals surface area contributed by atoms with Gasteiger partial charge >= 0.3 is 0 Å². The monoisotopic (exact) mass is 366 g/mol. The molecule has 0 saturated carbocycles. The Balaban J connectivity index is 1.88. The molecule has 1 aromatic carbocycles. The zero-order valence-corrected chi connectivity index (χ0v) is 15.3. The van der Waals surface area contributed by atoms with E-state index in [0.29, 0.717) is 10.8 Å². The zero-order chi connectivity index (χ0) is 18.3. The van der Waals surface area contributed by atoms with Crippen molar-refractivity contribution in [3.8, 4) is 0 Å². The molecule has 0 amide bonds. The lowest BCUT2D eigenvalue weighted by Crippen LogP contribution is -2.30. The fraction of sp³-hybridized carbons (Fsp3) is 0.200. The molecule has 0 radical (unpaired) electrons. The van der Waals surface area contributed by atoms with Crippen LogP contribution >= 0.6 is 12.2 Å².